The Balaban J connectivity index is 1.27. The highest BCUT2D eigenvalue weighted by atomic mass is 16.5. The van der Waals surface area contributed by atoms with Crippen molar-refractivity contribution in [2.75, 3.05) is 13.2 Å². The SMILES string of the molecule is O=C(NCCC=Cc1ccc(O)cc1)OCC1c2ccccc2-c2ccccc21. The summed E-state index contributed by atoms with van der Waals surface area (Å²) in [6, 6.07) is 23.6. The minimum atomic E-state index is -0.398. The van der Waals surface area contributed by atoms with Crippen molar-refractivity contribution in [2.24, 2.45) is 0 Å². The van der Waals surface area contributed by atoms with Crippen molar-refractivity contribution < 1.29 is 14.6 Å². The Morgan fingerprint density at radius 2 is 1.55 bits per heavy atom. The normalized spacial score (nSPS) is 12.6. The Bertz CT molecular complexity index is 979. The molecular weight excluding hydrogens is 362 g/mol. The zero-order valence-electron chi connectivity index (χ0n) is 16.0. The topological polar surface area (TPSA) is 58.6 Å². The van der Waals surface area contributed by atoms with Crippen LogP contribution in [0.4, 0.5) is 4.79 Å². The number of phenolic OH excluding ortho intramolecular Hbond substituents is 1. The van der Waals surface area contributed by atoms with Gasteiger partial charge in [-0.3, -0.25) is 0 Å². The van der Waals surface area contributed by atoms with Crippen molar-refractivity contribution in [3.05, 3.63) is 95.6 Å². The molecule has 0 fully saturated rings. The second-order valence-electron chi connectivity index (χ2n) is 7.03. The molecule has 0 heterocycles. The van der Waals surface area contributed by atoms with Crippen LogP contribution in [0.3, 0.4) is 0 Å². The molecule has 4 rings (SSSR count). The van der Waals surface area contributed by atoms with Crippen LogP contribution in [0.2, 0.25) is 0 Å². The molecule has 1 aliphatic rings. The van der Waals surface area contributed by atoms with Crippen LogP contribution in [0, 0.1) is 0 Å². The third-order valence-corrected chi connectivity index (χ3v) is 5.13. The minimum absolute atomic E-state index is 0.0718. The van der Waals surface area contributed by atoms with Gasteiger partial charge in [0.25, 0.3) is 0 Å². The Morgan fingerprint density at radius 1 is 0.931 bits per heavy atom. The van der Waals surface area contributed by atoms with Gasteiger partial charge in [0.2, 0.25) is 0 Å². The van der Waals surface area contributed by atoms with Crippen LogP contribution in [0.25, 0.3) is 17.2 Å². The highest BCUT2D eigenvalue weighted by Crippen LogP contribution is 2.44. The first-order chi connectivity index (χ1) is 14.2. The van der Waals surface area contributed by atoms with E-state index >= 15 is 0 Å². The molecule has 3 aromatic carbocycles. The number of aromatic hydroxyl groups is 1. The number of phenols is 1. The van der Waals surface area contributed by atoms with Crippen LogP contribution in [0.1, 0.15) is 29.0 Å². The summed E-state index contributed by atoms with van der Waals surface area (Å²) in [7, 11) is 0. The number of amides is 1. The van der Waals surface area contributed by atoms with E-state index < -0.39 is 6.09 Å². The first kappa shape index (κ1) is 18.8. The van der Waals surface area contributed by atoms with Crippen molar-refractivity contribution in [3.63, 3.8) is 0 Å². The maximum absolute atomic E-state index is 12.1. The zero-order chi connectivity index (χ0) is 20.1. The van der Waals surface area contributed by atoms with Crippen molar-refractivity contribution in [1.82, 2.24) is 5.32 Å². The van der Waals surface area contributed by atoms with E-state index in [0.29, 0.717) is 19.6 Å². The molecule has 0 bridgehead atoms. The number of hydrogen-bond donors (Lipinski definition) is 2. The fraction of sp³-hybridized carbons (Fsp3) is 0.160. The van der Waals surface area contributed by atoms with Crippen LogP contribution in [-0.2, 0) is 4.74 Å². The van der Waals surface area contributed by atoms with Crippen LogP contribution >= 0.6 is 0 Å². The Morgan fingerprint density at radius 3 is 2.21 bits per heavy atom. The third kappa shape index (κ3) is 4.32. The molecule has 29 heavy (non-hydrogen) atoms. The maximum Gasteiger partial charge on any atom is 0.407 e. The molecule has 0 saturated heterocycles. The summed E-state index contributed by atoms with van der Waals surface area (Å²) in [6.07, 6.45) is 4.24. The second kappa shape index (κ2) is 8.65. The Labute approximate surface area is 170 Å². The van der Waals surface area contributed by atoms with E-state index in [1.807, 2.05) is 48.6 Å². The molecule has 0 unspecified atom stereocenters. The number of carbonyl (C=O) groups excluding carboxylic acids is 1. The molecule has 2 N–H and O–H groups in total. The van der Waals surface area contributed by atoms with Crippen LogP contribution in [0.5, 0.6) is 5.75 Å². The predicted octanol–water partition coefficient (Wildman–Crippen LogP) is 5.33. The van der Waals surface area contributed by atoms with Gasteiger partial charge in [-0.05, 0) is 46.4 Å². The fourth-order valence-corrected chi connectivity index (χ4v) is 3.71. The molecule has 0 radical (unpaired) electrons. The lowest BCUT2D eigenvalue weighted by Gasteiger charge is -2.14. The fourth-order valence-electron chi connectivity index (χ4n) is 3.71. The van der Waals surface area contributed by atoms with E-state index in [1.165, 1.54) is 22.3 Å². The molecule has 0 spiro atoms. The molecule has 4 nitrogen and oxygen atoms in total. The van der Waals surface area contributed by atoms with E-state index in [1.54, 1.807) is 12.1 Å². The third-order valence-electron chi connectivity index (χ3n) is 5.13. The van der Waals surface area contributed by atoms with Gasteiger partial charge >= 0.3 is 6.09 Å². The van der Waals surface area contributed by atoms with Crippen LogP contribution in [-0.4, -0.2) is 24.4 Å². The summed E-state index contributed by atoms with van der Waals surface area (Å²) >= 11 is 0. The van der Waals surface area contributed by atoms with Gasteiger partial charge in [-0.25, -0.2) is 4.79 Å². The number of alkyl carbamates (subject to hydrolysis) is 1. The lowest BCUT2D eigenvalue weighted by molar-refractivity contribution is 0.143. The molecule has 3 aromatic rings. The van der Waals surface area contributed by atoms with Gasteiger partial charge in [0, 0.05) is 12.5 Å². The highest BCUT2D eigenvalue weighted by molar-refractivity contribution is 5.79. The van der Waals surface area contributed by atoms with E-state index in [4.69, 9.17) is 4.74 Å². The summed E-state index contributed by atoms with van der Waals surface area (Å²) in [4.78, 5) is 12.1. The Kier molecular flexibility index (Phi) is 5.61. The van der Waals surface area contributed by atoms with Gasteiger partial charge in [0.15, 0.2) is 0 Å². The lowest BCUT2D eigenvalue weighted by atomic mass is 9.98. The number of carbonyl (C=O) groups is 1. The summed E-state index contributed by atoms with van der Waals surface area (Å²) in [5.74, 6) is 0.321. The number of benzene rings is 3. The standard InChI is InChI=1S/C25H23NO3/c27-19-14-12-18(13-15-19)7-5-6-16-26-25(28)29-17-24-22-10-3-1-8-20(22)21-9-2-4-11-23(21)24/h1-5,7-15,24,27H,6,16-17H2,(H,26,28). The molecule has 0 aliphatic heterocycles. The maximum atomic E-state index is 12.1. The molecule has 146 valence electrons. The molecule has 4 heteroatoms. The van der Waals surface area contributed by atoms with Gasteiger partial charge in [0.1, 0.15) is 12.4 Å². The van der Waals surface area contributed by atoms with E-state index in [2.05, 4.69) is 29.6 Å². The number of fused-ring (bicyclic) bond motifs is 3. The van der Waals surface area contributed by atoms with Gasteiger partial charge in [-0.15, -0.1) is 0 Å². The minimum Gasteiger partial charge on any atom is -0.508 e. The van der Waals surface area contributed by atoms with Gasteiger partial charge in [-0.2, -0.15) is 0 Å². The molecule has 1 aliphatic carbocycles. The smallest absolute Gasteiger partial charge is 0.407 e. The monoisotopic (exact) mass is 385 g/mol. The summed E-state index contributed by atoms with van der Waals surface area (Å²) < 4.78 is 5.52. The molecule has 1 amide bonds. The predicted molar refractivity (Wildman–Crippen MR) is 115 cm³/mol. The molecule has 0 saturated carbocycles. The van der Waals surface area contributed by atoms with Crippen LogP contribution < -0.4 is 5.32 Å². The van der Waals surface area contributed by atoms with E-state index in [-0.39, 0.29) is 11.7 Å². The lowest BCUT2D eigenvalue weighted by Crippen LogP contribution is -2.26. The number of hydrogen-bond acceptors (Lipinski definition) is 3. The Hall–Kier alpha value is -3.53. The van der Waals surface area contributed by atoms with Gasteiger partial charge in [-0.1, -0.05) is 72.8 Å². The largest absolute Gasteiger partial charge is 0.508 e. The average Bonchev–Trinajstić information content (AvgIpc) is 3.07. The quantitative estimate of drug-likeness (QED) is 0.564. The number of ether oxygens (including phenoxy) is 1. The molecule has 0 aromatic heterocycles. The first-order valence-electron chi connectivity index (χ1n) is 9.77. The number of nitrogens with one attached hydrogen (secondary N) is 1. The summed E-state index contributed by atoms with van der Waals surface area (Å²) in [6.45, 7) is 0.828. The summed E-state index contributed by atoms with van der Waals surface area (Å²) in [5.41, 5.74) is 5.86. The first-order valence-corrected chi connectivity index (χ1v) is 9.77. The van der Waals surface area contributed by atoms with E-state index in [0.717, 1.165) is 5.56 Å². The number of rotatable bonds is 6. The van der Waals surface area contributed by atoms with Crippen molar-refractivity contribution in [2.45, 2.75) is 12.3 Å². The average molecular weight is 385 g/mol. The van der Waals surface area contributed by atoms with Crippen molar-refractivity contribution in [1.29, 1.82) is 0 Å². The second-order valence-corrected chi connectivity index (χ2v) is 7.03. The summed E-state index contributed by atoms with van der Waals surface area (Å²) in [5, 5.41) is 12.1. The zero-order valence-corrected chi connectivity index (χ0v) is 16.0. The van der Waals surface area contributed by atoms with Crippen molar-refractivity contribution >= 4 is 12.2 Å². The molecule has 0 atom stereocenters. The van der Waals surface area contributed by atoms with Gasteiger partial charge in [0.05, 0.1) is 0 Å². The van der Waals surface area contributed by atoms with Crippen LogP contribution in [0.15, 0.2) is 78.9 Å². The van der Waals surface area contributed by atoms with Gasteiger partial charge < -0.3 is 15.2 Å². The molecular formula is C25H23NO3. The van der Waals surface area contributed by atoms with Crippen molar-refractivity contribution in [3.8, 4) is 16.9 Å². The highest BCUT2D eigenvalue weighted by Gasteiger charge is 2.28. The van der Waals surface area contributed by atoms with E-state index in [9.17, 15) is 9.90 Å².